The van der Waals surface area contributed by atoms with Crippen molar-refractivity contribution in [2.24, 2.45) is 7.05 Å². The molecule has 0 saturated carbocycles. The first-order chi connectivity index (χ1) is 10.2. The van der Waals surface area contributed by atoms with Crippen LogP contribution in [0.3, 0.4) is 0 Å². The third-order valence-electron chi connectivity index (χ3n) is 4.12. The van der Waals surface area contributed by atoms with Crippen molar-refractivity contribution in [2.75, 3.05) is 13.1 Å². The second-order valence-electron chi connectivity index (χ2n) is 5.96. The normalized spacial score (nSPS) is 16.6. The van der Waals surface area contributed by atoms with Crippen LogP contribution in [0.5, 0.6) is 0 Å². The van der Waals surface area contributed by atoms with Crippen LogP contribution < -0.4 is 0 Å². The molecule has 110 valence electrons. The summed E-state index contributed by atoms with van der Waals surface area (Å²) in [6.07, 6.45) is 6.67. The van der Waals surface area contributed by atoms with Crippen LogP contribution in [0.2, 0.25) is 0 Å². The maximum absolute atomic E-state index is 4.40. The van der Waals surface area contributed by atoms with E-state index in [1.807, 2.05) is 10.9 Å². The highest BCUT2D eigenvalue weighted by atomic mass is 15.3. The number of hydrogen-bond donors (Lipinski definition) is 0. The predicted molar refractivity (Wildman–Crippen MR) is 86.9 cm³/mol. The average Bonchev–Trinajstić information content (AvgIpc) is 2.70. The van der Waals surface area contributed by atoms with E-state index in [0.717, 1.165) is 26.1 Å². The second-order valence-corrected chi connectivity index (χ2v) is 5.96. The number of rotatable bonds is 3. The first-order valence-electron chi connectivity index (χ1n) is 7.67. The smallest absolute Gasteiger partial charge is 0.0537 e. The summed E-state index contributed by atoms with van der Waals surface area (Å²) in [5.74, 6) is 0. The van der Waals surface area contributed by atoms with Gasteiger partial charge in [-0.15, -0.1) is 0 Å². The molecule has 0 spiro atoms. The van der Waals surface area contributed by atoms with Crippen molar-refractivity contribution >= 4 is 6.08 Å². The molecule has 0 saturated heterocycles. The molecule has 2 heterocycles. The van der Waals surface area contributed by atoms with Gasteiger partial charge in [-0.2, -0.15) is 5.10 Å². The van der Waals surface area contributed by atoms with E-state index in [1.165, 1.54) is 28.8 Å². The lowest BCUT2D eigenvalue weighted by Crippen LogP contribution is -2.25. The van der Waals surface area contributed by atoms with Crippen LogP contribution in [0.15, 0.2) is 42.1 Å². The summed E-state index contributed by atoms with van der Waals surface area (Å²) < 4.78 is 2.03. The van der Waals surface area contributed by atoms with Gasteiger partial charge in [-0.3, -0.25) is 9.58 Å². The van der Waals surface area contributed by atoms with Gasteiger partial charge in [-0.25, -0.2) is 0 Å². The van der Waals surface area contributed by atoms with Gasteiger partial charge in [0.15, 0.2) is 0 Å². The molecule has 1 aliphatic heterocycles. The highest BCUT2D eigenvalue weighted by Crippen LogP contribution is 2.19. The fraction of sp³-hybridized carbons (Fsp3) is 0.389. The van der Waals surface area contributed by atoms with Crippen molar-refractivity contribution in [2.45, 2.75) is 26.3 Å². The minimum absolute atomic E-state index is 1.02. The zero-order valence-electron chi connectivity index (χ0n) is 12.9. The highest BCUT2D eigenvalue weighted by Gasteiger charge is 2.17. The maximum Gasteiger partial charge on any atom is 0.0537 e. The fourth-order valence-corrected chi connectivity index (χ4v) is 3.12. The maximum atomic E-state index is 4.40. The van der Waals surface area contributed by atoms with Gasteiger partial charge in [-0.1, -0.05) is 42.0 Å². The molecule has 0 aliphatic carbocycles. The van der Waals surface area contributed by atoms with Gasteiger partial charge < -0.3 is 0 Å². The Balaban J connectivity index is 1.69. The van der Waals surface area contributed by atoms with Gasteiger partial charge in [0.1, 0.15) is 0 Å². The average molecular weight is 281 g/mol. The Bertz CT molecular complexity index is 625. The molecule has 1 aliphatic rings. The van der Waals surface area contributed by atoms with Crippen LogP contribution in [0.4, 0.5) is 0 Å². The third-order valence-corrected chi connectivity index (χ3v) is 4.12. The zero-order valence-corrected chi connectivity index (χ0v) is 12.9. The summed E-state index contributed by atoms with van der Waals surface area (Å²) in [6, 6.07) is 10.6. The molecule has 3 heteroatoms. The summed E-state index contributed by atoms with van der Waals surface area (Å²) in [4.78, 5) is 2.53. The van der Waals surface area contributed by atoms with E-state index < -0.39 is 0 Å². The van der Waals surface area contributed by atoms with Crippen molar-refractivity contribution in [3.05, 3.63) is 58.9 Å². The van der Waals surface area contributed by atoms with Crippen LogP contribution >= 0.6 is 0 Å². The second kappa shape index (κ2) is 6.27. The molecule has 0 unspecified atom stereocenters. The number of hydrogen-bond acceptors (Lipinski definition) is 2. The quantitative estimate of drug-likeness (QED) is 0.861. The van der Waals surface area contributed by atoms with Crippen molar-refractivity contribution < 1.29 is 0 Å². The molecule has 0 amide bonds. The summed E-state index contributed by atoms with van der Waals surface area (Å²) in [7, 11) is 2.05. The van der Waals surface area contributed by atoms with Gasteiger partial charge in [0.2, 0.25) is 0 Å². The largest absolute Gasteiger partial charge is 0.295 e. The summed E-state index contributed by atoms with van der Waals surface area (Å²) in [6.45, 7) is 5.43. The summed E-state index contributed by atoms with van der Waals surface area (Å²) >= 11 is 0. The van der Waals surface area contributed by atoms with E-state index in [2.05, 4.69) is 60.4 Å². The number of nitrogens with zero attached hydrogens (tertiary/aromatic N) is 3. The molecular formula is C18H23N3. The Morgan fingerprint density at radius 3 is 2.90 bits per heavy atom. The van der Waals surface area contributed by atoms with E-state index in [9.17, 15) is 0 Å². The zero-order chi connectivity index (χ0) is 14.7. The topological polar surface area (TPSA) is 21.1 Å². The van der Waals surface area contributed by atoms with Crippen LogP contribution in [-0.2, 0) is 20.0 Å². The summed E-state index contributed by atoms with van der Waals surface area (Å²) in [5, 5.41) is 4.40. The van der Waals surface area contributed by atoms with Gasteiger partial charge in [0, 0.05) is 31.4 Å². The first-order valence-corrected chi connectivity index (χ1v) is 7.67. The van der Waals surface area contributed by atoms with Crippen LogP contribution in [0.1, 0.15) is 30.2 Å². The molecule has 3 nitrogen and oxygen atoms in total. The van der Waals surface area contributed by atoms with Crippen molar-refractivity contribution in [1.29, 1.82) is 0 Å². The minimum Gasteiger partial charge on any atom is -0.295 e. The SMILES string of the molecule is CC(=Cc1ccccc1)CN1CCCc2c(cnn2C)C1. The van der Waals surface area contributed by atoms with Gasteiger partial charge in [-0.05, 0) is 31.9 Å². The Labute approximate surface area is 126 Å². The predicted octanol–water partition coefficient (Wildman–Crippen LogP) is 3.27. The van der Waals surface area contributed by atoms with Crippen molar-refractivity contribution in [3.8, 4) is 0 Å². The lowest BCUT2D eigenvalue weighted by molar-refractivity contribution is 0.293. The first kappa shape index (κ1) is 14.1. The molecule has 21 heavy (non-hydrogen) atoms. The number of aromatic nitrogens is 2. The molecule has 2 aromatic rings. The molecule has 0 radical (unpaired) electrons. The van der Waals surface area contributed by atoms with E-state index in [0.29, 0.717) is 0 Å². The Morgan fingerprint density at radius 2 is 2.10 bits per heavy atom. The van der Waals surface area contributed by atoms with Crippen LogP contribution in [0, 0.1) is 0 Å². The number of aryl methyl sites for hydroxylation is 1. The van der Waals surface area contributed by atoms with E-state index in [-0.39, 0.29) is 0 Å². The van der Waals surface area contributed by atoms with Gasteiger partial charge in [0.05, 0.1) is 6.20 Å². The van der Waals surface area contributed by atoms with Crippen molar-refractivity contribution in [3.63, 3.8) is 0 Å². The fourth-order valence-electron chi connectivity index (χ4n) is 3.12. The number of benzene rings is 1. The molecule has 1 aromatic heterocycles. The van der Waals surface area contributed by atoms with Gasteiger partial charge >= 0.3 is 0 Å². The Morgan fingerprint density at radius 1 is 1.29 bits per heavy atom. The Hall–Kier alpha value is -1.87. The van der Waals surface area contributed by atoms with E-state index >= 15 is 0 Å². The minimum atomic E-state index is 1.02. The third kappa shape index (κ3) is 3.42. The lowest BCUT2D eigenvalue weighted by Gasteiger charge is -2.20. The molecule has 0 atom stereocenters. The molecule has 1 aromatic carbocycles. The lowest BCUT2D eigenvalue weighted by atomic mass is 10.1. The molecule has 0 bridgehead atoms. The van der Waals surface area contributed by atoms with E-state index in [1.54, 1.807) is 0 Å². The molecule has 0 N–H and O–H groups in total. The summed E-state index contributed by atoms with van der Waals surface area (Å²) in [5.41, 5.74) is 5.49. The molecular weight excluding hydrogens is 258 g/mol. The van der Waals surface area contributed by atoms with Crippen LogP contribution in [-0.4, -0.2) is 27.8 Å². The van der Waals surface area contributed by atoms with Crippen LogP contribution in [0.25, 0.3) is 6.08 Å². The van der Waals surface area contributed by atoms with Gasteiger partial charge in [0.25, 0.3) is 0 Å². The molecule has 0 fully saturated rings. The molecule has 3 rings (SSSR count). The van der Waals surface area contributed by atoms with Crippen molar-refractivity contribution in [1.82, 2.24) is 14.7 Å². The highest BCUT2D eigenvalue weighted by molar-refractivity contribution is 5.52. The van der Waals surface area contributed by atoms with E-state index in [4.69, 9.17) is 0 Å². The standard InChI is InChI=1S/C18H23N3/c1-15(11-16-7-4-3-5-8-16)13-21-10-6-9-18-17(14-21)12-19-20(18)2/h3-5,7-8,11-12H,6,9-10,13-14H2,1-2H3. The monoisotopic (exact) mass is 281 g/mol. The number of fused-ring (bicyclic) bond motifs is 1. The Kier molecular flexibility index (Phi) is 4.20.